The second-order valence-electron chi connectivity index (χ2n) is 5.82. The van der Waals surface area contributed by atoms with Crippen LogP contribution in [0.5, 0.6) is 0 Å². The summed E-state index contributed by atoms with van der Waals surface area (Å²) < 4.78 is 0. The second kappa shape index (κ2) is 4.69. The van der Waals surface area contributed by atoms with Crippen molar-refractivity contribution < 1.29 is 5.11 Å². The average molecular weight is 208 g/mol. The Morgan fingerprint density at radius 1 is 1.40 bits per heavy atom. The van der Waals surface area contributed by atoms with Crippen LogP contribution in [0.3, 0.4) is 0 Å². The van der Waals surface area contributed by atoms with E-state index in [0.29, 0.717) is 5.92 Å². The third-order valence-corrected chi connectivity index (χ3v) is 4.38. The van der Waals surface area contributed by atoms with E-state index in [9.17, 15) is 0 Å². The summed E-state index contributed by atoms with van der Waals surface area (Å²) in [5.74, 6) is 3.75. The molecule has 86 valence electrons. The minimum absolute atomic E-state index is 0.223. The van der Waals surface area contributed by atoms with Crippen LogP contribution in [0.4, 0.5) is 0 Å². The molecule has 2 rings (SSSR count). The molecule has 0 saturated heterocycles. The number of hydrogen-bond acceptors (Lipinski definition) is 1. The molecule has 0 aliphatic heterocycles. The SMILES string of the molecule is CC(=CC(C)CC1CC2CCC1C2)CO. The van der Waals surface area contributed by atoms with Gasteiger partial charge in [-0.2, -0.15) is 0 Å². The third-order valence-electron chi connectivity index (χ3n) is 4.38. The van der Waals surface area contributed by atoms with E-state index in [2.05, 4.69) is 13.0 Å². The molecule has 0 aromatic carbocycles. The maximum Gasteiger partial charge on any atom is 0.0639 e. The monoisotopic (exact) mass is 208 g/mol. The van der Waals surface area contributed by atoms with E-state index in [1.807, 2.05) is 6.92 Å². The van der Waals surface area contributed by atoms with Gasteiger partial charge >= 0.3 is 0 Å². The van der Waals surface area contributed by atoms with Crippen molar-refractivity contribution in [3.05, 3.63) is 11.6 Å². The highest BCUT2D eigenvalue weighted by Crippen LogP contribution is 2.50. The molecule has 4 unspecified atom stereocenters. The second-order valence-corrected chi connectivity index (χ2v) is 5.82. The number of aliphatic hydroxyl groups excluding tert-OH is 1. The number of aliphatic hydroxyl groups is 1. The minimum atomic E-state index is 0.223. The van der Waals surface area contributed by atoms with Gasteiger partial charge in [0.25, 0.3) is 0 Å². The Bertz CT molecular complexity index is 244. The Labute approximate surface area is 93.6 Å². The molecule has 2 fully saturated rings. The van der Waals surface area contributed by atoms with E-state index in [1.54, 1.807) is 0 Å². The molecule has 0 aromatic rings. The van der Waals surface area contributed by atoms with E-state index in [-0.39, 0.29) is 6.61 Å². The zero-order chi connectivity index (χ0) is 10.8. The molecular formula is C14H24O. The summed E-state index contributed by atoms with van der Waals surface area (Å²) in [6.07, 6.45) is 9.59. The predicted octanol–water partition coefficient (Wildman–Crippen LogP) is 3.39. The van der Waals surface area contributed by atoms with Crippen LogP contribution in [0.1, 0.15) is 46.0 Å². The Kier molecular flexibility index (Phi) is 3.50. The van der Waals surface area contributed by atoms with Crippen molar-refractivity contribution in [3.8, 4) is 0 Å². The van der Waals surface area contributed by atoms with Crippen molar-refractivity contribution in [2.24, 2.45) is 23.7 Å². The molecule has 1 N–H and O–H groups in total. The van der Waals surface area contributed by atoms with Gasteiger partial charge in [0.1, 0.15) is 0 Å². The summed E-state index contributed by atoms with van der Waals surface area (Å²) in [7, 11) is 0. The molecule has 2 aliphatic carbocycles. The molecular weight excluding hydrogens is 184 g/mol. The lowest BCUT2D eigenvalue weighted by Gasteiger charge is -2.23. The van der Waals surface area contributed by atoms with Gasteiger partial charge in [0.2, 0.25) is 0 Å². The zero-order valence-corrected chi connectivity index (χ0v) is 10.1. The number of rotatable bonds is 4. The molecule has 2 aliphatic rings. The molecule has 0 radical (unpaired) electrons. The molecule has 0 amide bonds. The topological polar surface area (TPSA) is 20.2 Å². The van der Waals surface area contributed by atoms with E-state index in [0.717, 1.165) is 23.3 Å². The Morgan fingerprint density at radius 2 is 2.20 bits per heavy atom. The first-order valence-corrected chi connectivity index (χ1v) is 6.47. The zero-order valence-electron chi connectivity index (χ0n) is 10.1. The first-order chi connectivity index (χ1) is 7.19. The molecule has 15 heavy (non-hydrogen) atoms. The van der Waals surface area contributed by atoms with Crippen LogP contribution in [0.2, 0.25) is 0 Å². The normalized spacial score (nSPS) is 37.3. The van der Waals surface area contributed by atoms with Gasteiger partial charge in [0.15, 0.2) is 0 Å². The molecule has 2 bridgehead atoms. The summed E-state index contributed by atoms with van der Waals surface area (Å²) >= 11 is 0. The Balaban J connectivity index is 1.82. The lowest BCUT2D eigenvalue weighted by Crippen LogP contribution is -2.13. The predicted molar refractivity (Wildman–Crippen MR) is 63.6 cm³/mol. The van der Waals surface area contributed by atoms with Crippen LogP contribution in [-0.2, 0) is 0 Å². The van der Waals surface area contributed by atoms with E-state index >= 15 is 0 Å². The fraction of sp³-hybridized carbons (Fsp3) is 0.857. The molecule has 2 saturated carbocycles. The maximum atomic E-state index is 8.98. The van der Waals surface area contributed by atoms with Gasteiger partial charge in [-0.1, -0.05) is 25.0 Å². The molecule has 0 heterocycles. The largest absolute Gasteiger partial charge is 0.392 e. The number of allylic oxidation sites excluding steroid dienone is 1. The fourth-order valence-electron chi connectivity index (χ4n) is 3.75. The summed E-state index contributed by atoms with van der Waals surface area (Å²) in [6, 6.07) is 0. The van der Waals surface area contributed by atoms with E-state index in [4.69, 9.17) is 5.11 Å². The van der Waals surface area contributed by atoms with E-state index < -0.39 is 0 Å². The lowest BCUT2D eigenvalue weighted by molar-refractivity contribution is 0.290. The molecule has 1 heteroatoms. The van der Waals surface area contributed by atoms with Gasteiger partial charge < -0.3 is 5.11 Å². The fourth-order valence-corrected chi connectivity index (χ4v) is 3.75. The molecule has 0 spiro atoms. The van der Waals surface area contributed by atoms with Crippen molar-refractivity contribution >= 4 is 0 Å². The van der Waals surface area contributed by atoms with Gasteiger partial charge in [-0.15, -0.1) is 0 Å². The maximum absolute atomic E-state index is 8.98. The van der Waals surface area contributed by atoms with Gasteiger partial charge in [-0.25, -0.2) is 0 Å². The van der Waals surface area contributed by atoms with Crippen molar-refractivity contribution in [2.45, 2.75) is 46.0 Å². The number of fused-ring (bicyclic) bond motifs is 2. The van der Waals surface area contributed by atoms with Crippen LogP contribution in [0.15, 0.2) is 11.6 Å². The Hall–Kier alpha value is -0.300. The lowest BCUT2D eigenvalue weighted by atomic mass is 9.82. The van der Waals surface area contributed by atoms with Gasteiger partial charge in [-0.3, -0.25) is 0 Å². The first-order valence-electron chi connectivity index (χ1n) is 6.47. The van der Waals surface area contributed by atoms with Gasteiger partial charge in [-0.05, 0) is 56.3 Å². The minimum Gasteiger partial charge on any atom is -0.392 e. The highest BCUT2D eigenvalue weighted by Gasteiger charge is 2.39. The van der Waals surface area contributed by atoms with Crippen LogP contribution in [0.25, 0.3) is 0 Å². The molecule has 4 atom stereocenters. The third kappa shape index (κ3) is 2.63. The highest BCUT2D eigenvalue weighted by molar-refractivity contribution is 5.01. The van der Waals surface area contributed by atoms with Crippen molar-refractivity contribution in [3.63, 3.8) is 0 Å². The van der Waals surface area contributed by atoms with Gasteiger partial charge in [0.05, 0.1) is 6.61 Å². The van der Waals surface area contributed by atoms with Crippen LogP contribution < -0.4 is 0 Å². The van der Waals surface area contributed by atoms with Crippen molar-refractivity contribution in [1.82, 2.24) is 0 Å². The molecule has 0 aromatic heterocycles. The van der Waals surface area contributed by atoms with Gasteiger partial charge in [0, 0.05) is 0 Å². The Morgan fingerprint density at radius 3 is 2.73 bits per heavy atom. The standard InChI is InChI=1S/C14H24O/c1-10(5-11(2)9-15)6-14-8-12-3-4-13(14)7-12/h5,10,12-15H,3-4,6-9H2,1-2H3. The highest BCUT2D eigenvalue weighted by atomic mass is 16.3. The van der Waals surface area contributed by atoms with Crippen LogP contribution in [0, 0.1) is 23.7 Å². The quantitative estimate of drug-likeness (QED) is 0.702. The number of hydrogen-bond donors (Lipinski definition) is 1. The van der Waals surface area contributed by atoms with Crippen LogP contribution >= 0.6 is 0 Å². The first kappa shape index (κ1) is 11.2. The van der Waals surface area contributed by atoms with E-state index in [1.165, 1.54) is 32.1 Å². The summed E-state index contributed by atoms with van der Waals surface area (Å²) in [4.78, 5) is 0. The van der Waals surface area contributed by atoms with Crippen molar-refractivity contribution in [2.75, 3.05) is 6.61 Å². The average Bonchev–Trinajstić information content (AvgIpc) is 2.78. The van der Waals surface area contributed by atoms with Crippen molar-refractivity contribution in [1.29, 1.82) is 0 Å². The molecule has 1 nitrogen and oxygen atoms in total. The smallest absolute Gasteiger partial charge is 0.0639 e. The van der Waals surface area contributed by atoms with Crippen LogP contribution in [-0.4, -0.2) is 11.7 Å². The summed E-state index contributed by atoms with van der Waals surface area (Å²) in [6.45, 7) is 4.55. The summed E-state index contributed by atoms with van der Waals surface area (Å²) in [5, 5.41) is 8.98. The summed E-state index contributed by atoms with van der Waals surface area (Å²) in [5.41, 5.74) is 1.13.